The maximum atomic E-state index is 12.1. The lowest BCUT2D eigenvalue weighted by molar-refractivity contribution is -0.131. The van der Waals surface area contributed by atoms with Crippen LogP contribution in [0.15, 0.2) is 24.3 Å². The first-order valence-electron chi connectivity index (χ1n) is 6.78. The van der Waals surface area contributed by atoms with Gasteiger partial charge in [-0.25, -0.2) is 0 Å². The van der Waals surface area contributed by atoms with E-state index in [4.69, 9.17) is 11.6 Å². The summed E-state index contributed by atoms with van der Waals surface area (Å²) in [7, 11) is 0. The molecule has 1 aromatic carbocycles. The quantitative estimate of drug-likeness (QED) is 0.838. The van der Waals surface area contributed by atoms with Crippen LogP contribution < -0.4 is 0 Å². The van der Waals surface area contributed by atoms with Crippen LogP contribution in [0.4, 0.5) is 0 Å². The van der Waals surface area contributed by atoms with Crippen molar-refractivity contribution in [3.63, 3.8) is 0 Å². The van der Waals surface area contributed by atoms with Crippen LogP contribution in [-0.2, 0) is 10.5 Å². The molecular weight excluding hydrogens is 278 g/mol. The van der Waals surface area contributed by atoms with E-state index in [0.29, 0.717) is 11.8 Å². The summed E-state index contributed by atoms with van der Waals surface area (Å²) in [5.74, 6) is 1.69. The lowest BCUT2D eigenvalue weighted by Gasteiger charge is -2.33. The Morgan fingerprint density at radius 3 is 3.05 bits per heavy atom. The largest absolute Gasteiger partial charge is 0.339 e. The molecule has 0 spiro atoms. The number of likely N-dealkylation sites (tertiary alicyclic amines) is 1. The highest BCUT2D eigenvalue weighted by molar-refractivity contribution is 7.99. The summed E-state index contributed by atoms with van der Waals surface area (Å²) >= 11 is 7.61. The highest BCUT2D eigenvalue weighted by atomic mass is 35.5. The molecule has 1 aliphatic rings. The number of piperidine rings is 1. The summed E-state index contributed by atoms with van der Waals surface area (Å²) in [5, 5.41) is 0.758. The van der Waals surface area contributed by atoms with Gasteiger partial charge in [0, 0.05) is 23.4 Å². The molecule has 0 radical (unpaired) electrons. The second-order valence-electron chi connectivity index (χ2n) is 5.05. The number of benzene rings is 1. The topological polar surface area (TPSA) is 20.3 Å². The fourth-order valence-corrected chi connectivity index (χ4v) is 3.51. The minimum absolute atomic E-state index is 0.277. The smallest absolute Gasteiger partial charge is 0.232 e. The number of nitrogens with zero attached hydrogens (tertiary/aromatic N) is 1. The van der Waals surface area contributed by atoms with Crippen LogP contribution in [0.5, 0.6) is 0 Å². The number of carbonyl (C=O) groups is 1. The van der Waals surface area contributed by atoms with Crippen molar-refractivity contribution in [2.75, 3.05) is 12.3 Å². The lowest BCUT2D eigenvalue weighted by atomic mass is 10.0. The van der Waals surface area contributed by atoms with Crippen molar-refractivity contribution >= 4 is 29.3 Å². The van der Waals surface area contributed by atoms with E-state index in [-0.39, 0.29) is 5.91 Å². The van der Waals surface area contributed by atoms with Crippen molar-refractivity contribution < 1.29 is 4.79 Å². The summed E-state index contributed by atoms with van der Waals surface area (Å²) in [6.45, 7) is 3.08. The third-order valence-electron chi connectivity index (χ3n) is 3.51. The van der Waals surface area contributed by atoms with Crippen LogP contribution in [0.3, 0.4) is 0 Å². The first-order valence-corrected chi connectivity index (χ1v) is 8.32. The fraction of sp³-hybridized carbons (Fsp3) is 0.533. The van der Waals surface area contributed by atoms with Gasteiger partial charge >= 0.3 is 0 Å². The Morgan fingerprint density at radius 2 is 2.32 bits per heavy atom. The van der Waals surface area contributed by atoms with Gasteiger partial charge < -0.3 is 4.90 Å². The van der Waals surface area contributed by atoms with Crippen molar-refractivity contribution in [3.05, 3.63) is 34.9 Å². The molecule has 0 saturated carbocycles. The number of amides is 1. The molecule has 2 nitrogen and oxygen atoms in total. The SMILES string of the molecule is CC1CCCCN1C(=O)CSCc1cccc(Cl)c1. The first kappa shape index (κ1) is 14.7. The highest BCUT2D eigenvalue weighted by Crippen LogP contribution is 2.20. The number of hydrogen-bond acceptors (Lipinski definition) is 2. The van der Waals surface area contributed by atoms with E-state index in [1.807, 2.05) is 29.2 Å². The molecule has 0 aromatic heterocycles. The molecule has 104 valence electrons. The molecule has 0 bridgehead atoms. The molecule has 1 saturated heterocycles. The number of thioether (sulfide) groups is 1. The molecular formula is C15H20ClNOS. The second kappa shape index (κ2) is 7.20. The van der Waals surface area contributed by atoms with Gasteiger partial charge in [-0.1, -0.05) is 23.7 Å². The van der Waals surface area contributed by atoms with E-state index in [2.05, 4.69) is 6.92 Å². The molecule has 1 atom stereocenters. The van der Waals surface area contributed by atoms with Gasteiger partial charge in [-0.15, -0.1) is 11.8 Å². The number of carbonyl (C=O) groups excluding carboxylic acids is 1. The van der Waals surface area contributed by atoms with E-state index >= 15 is 0 Å². The normalized spacial score (nSPS) is 19.5. The minimum Gasteiger partial charge on any atom is -0.339 e. The van der Waals surface area contributed by atoms with Crippen molar-refractivity contribution in [1.82, 2.24) is 4.90 Å². The van der Waals surface area contributed by atoms with Crippen molar-refractivity contribution in [3.8, 4) is 0 Å². The molecule has 1 fully saturated rings. The monoisotopic (exact) mass is 297 g/mol. The van der Waals surface area contributed by atoms with Gasteiger partial charge in [-0.3, -0.25) is 4.79 Å². The van der Waals surface area contributed by atoms with Crippen LogP contribution in [0, 0.1) is 0 Å². The highest BCUT2D eigenvalue weighted by Gasteiger charge is 2.22. The number of halogens is 1. The molecule has 1 unspecified atom stereocenters. The van der Waals surface area contributed by atoms with Gasteiger partial charge in [-0.2, -0.15) is 0 Å². The van der Waals surface area contributed by atoms with E-state index in [0.717, 1.165) is 30.2 Å². The average Bonchev–Trinajstić information content (AvgIpc) is 2.39. The molecule has 1 amide bonds. The summed E-state index contributed by atoms with van der Waals surface area (Å²) < 4.78 is 0. The molecule has 1 heterocycles. The zero-order valence-electron chi connectivity index (χ0n) is 11.3. The van der Waals surface area contributed by atoms with E-state index in [1.54, 1.807) is 11.8 Å². The summed E-state index contributed by atoms with van der Waals surface area (Å²) in [6, 6.07) is 8.24. The van der Waals surface area contributed by atoms with Crippen LogP contribution >= 0.6 is 23.4 Å². The maximum Gasteiger partial charge on any atom is 0.232 e. The Balaban J connectivity index is 1.77. The minimum atomic E-state index is 0.277. The molecule has 2 rings (SSSR count). The maximum absolute atomic E-state index is 12.1. The third kappa shape index (κ3) is 4.43. The Morgan fingerprint density at radius 1 is 1.47 bits per heavy atom. The van der Waals surface area contributed by atoms with Crippen molar-refractivity contribution in [2.45, 2.75) is 38.0 Å². The van der Waals surface area contributed by atoms with Gasteiger partial charge in [0.2, 0.25) is 5.91 Å². The van der Waals surface area contributed by atoms with Crippen molar-refractivity contribution in [1.29, 1.82) is 0 Å². The zero-order valence-corrected chi connectivity index (χ0v) is 12.8. The summed E-state index contributed by atoms with van der Waals surface area (Å²) in [5.41, 5.74) is 1.18. The fourth-order valence-electron chi connectivity index (χ4n) is 2.43. The van der Waals surface area contributed by atoms with Gasteiger partial charge in [0.1, 0.15) is 0 Å². The predicted molar refractivity (Wildman–Crippen MR) is 82.6 cm³/mol. The standard InChI is InChI=1S/C15H20ClNOS/c1-12-5-2-3-8-17(12)15(18)11-19-10-13-6-4-7-14(16)9-13/h4,6-7,9,12H,2-3,5,8,10-11H2,1H3. The Bertz CT molecular complexity index is 438. The van der Waals surface area contributed by atoms with Gasteiger partial charge in [0.15, 0.2) is 0 Å². The van der Waals surface area contributed by atoms with Gasteiger partial charge in [-0.05, 0) is 43.9 Å². The van der Waals surface area contributed by atoms with E-state index < -0.39 is 0 Å². The van der Waals surface area contributed by atoms with Gasteiger partial charge in [0.25, 0.3) is 0 Å². The first-order chi connectivity index (χ1) is 9.16. The molecule has 0 N–H and O–H groups in total. The lowest BCUT2D eigenvalue weighted by Crippen LogP contribution is -2.42. The Labute approximate surface area is 124 Å². The molecule has 1 aliphatic heterocycles. The summed E-state index contributed by atoms with van der Waals surface area (Å²) in [4.78, 5) is 14.2. The van der Waals surface area contributed by atoms with E-state index in [1.165, 1.54) is 12.0 Å². The third-order valence-corrected chi connectivity index (χ3v) is 4.73. The average molecular weight is 298 g/mol. The van der Waals surface area contributed by atoms with Crippen LogP contribution in [0.2, 0.25) is 5.02 Å². The van der Waals surface area contributed by atoms with Crippen molar-refractivity contribution in [2.24, 2.45) is 0 Å². The van der Waals surface area contributed by atoms with E-state index in [9.17, 15) is 4.79 Å². The van der Waals surface area contributed by atoms with Crippen LogP contribution in [0.1, 0.15) is 31.7 Å². The zero-order chi connectivity index (χ0) is 13.7. The summed E-state index contributed by atoms with van der Waals surface area (Å²) in [6.07, 6.45) is 3.54. The van der Waals surface area contributed by atoms with Gasteiger partial charge in [0.05, 0.1) is 5.75 Å². The van der Waals surface area contributed by atoms with Crippen LogP contribution in [-0.4, -0.2) is 29.1 Å². The second-order valence-corrected chi connectivity index (χ2v) is 6.48. The molecule has 1 aromatic rings. The molecule has 19 heavy (non-hydrogen) atoms. The predicted octanol–water partition coefficient (Wildman–Crippen LogP) is 3.97. The number of hydrogen-bond donors (Lipinski definition) is 0. The Kier molecular flexibility index (Phi) is 5.59. The Hall–Kier alpha value is -0.670. The molecule has 4 heteroatoms. The molecule has 0 aliphatic carbocycles. The number of rotatable bonds is 4. The van der Waals surface area contributed by atoms with Crippen LogP contribution in [0.25, 0.3) is 0 Å².